The van der Waals surface area contributed by atoms with Crippen LogP contribution in [0.2, 0.25) is 5.02 Å². The van der Waals surface area contributed by atoms with Crippen molar-refractivity contribution >= 4 is 11.6 Å². The molecule has 2 rings (SSSR count). The standard InChI is InChI=1S/C10H10ClN3O/c1-12-6-9-13-10(14-15-9)7-3-2-4-8(11)5-7/h2-5,12H,6H2,1H3. The van der Waals surface area contributed by atoms with Gasteiger partial charge in [0.25, 0.3) is 0 Å². The Labute approximate surface area is 92.3 Å². The lowest BCUT2D eigenvalue weighted by Gasteiger charge is -1.93. The molecule has 0 radical (unpaired) electrons. The van der Waals surface area contributed by atoms with Gasteiger partial charge >= 0.3 is 0 Å². The Morgan fingerprint density at radius 1 is 1.47 bits per heavy atom. The van der Waals surface area contributed by atoms with Gasteiger partial charge in [-0.15, -0.1) is 0 Å². The lowest BCUT2D eigenvalue weighted by atomic mass is 10.2. The van der Waals surface area contributed by atoms with Gasteiger partial charge in [-0.1, -0.05) is 28.9 Å². The SMILES string of the molecule is CNCc1nc(-c2cccc(Cl)c2)no1. The quantitative estimate of drug-likeness (QED) is 0.866. The van der Waals surface area contributed by atoms with Crippen LogP contribution in [0.3, 0.4) is 0 Å². The molecule has 0 spiro atoms. The van der Waals surface area contributed by atoms with Crippen molar-refractivity contribution < 1.29 is 4.52 Å². The number of rotatable bonds is 3. The van der Waals surface area contributed by atoms with Crippen LogP contribution in [0.5, 0.6) is 0 Å². The van der Waals surface area contributed by atoms with E-state index in [1.807, 2.05) is 19.2 Å². The number of halogens is 1. The second-order valence-corrected chi connectivity index (χ2v) is 3.49. The first-order valence-electron chi connectivity index (χ1n) is 4.52. The first-order valence-corrected chi connectivity index (χ1v) is 4.90. The van der Waals surface area contributed by atoms with Crippen molar-refractivity contribution in [2.24, 2.45) is 0 Å². The maximum atomic E-state index is 5.86. The third kappa shape index (κ3) is 2.34. The molecule has 2 aromatic rings. The van der Waals surface area contributed by atoms with Gasteiger partial charge in [0.05, 0.1) is 6.54 Å². The van der Waals surface area contributed by atoms with E-state index in [-0.39, 0.29) is 0 Å². The van der Waals surface area contributed by atoms with E-state index in [0.717, 1.165) is 5.56 Å². The molecular formula is C10H10ClN3O. The molecule has 0 saturated carbocycles. The number of nitrogens with one attached hydrogen (secondary N) is 1. The highest BCUT2D eigenvalue weighted by molar-refractivity contribution is 6.30. The zero-order valence-corrected chi connectivity index (χ0v) is 8.95. The van der Waals surface area contributed by atoms with Crippen LogP contribution >= 0.6 is 11.6 Å². The summed E-state index contributed by atoms with van der Waals surface area (Å²) in [6, 6.07) is 7.35. The highest BCUT2D eigenvalue weighted by Gasteiger charge is 2.07. The lowest BCUT2D eigenvalue weighted by Crippen LogP contribution is -2.04. The van der Waals surface area contributed by atoms with Crippen LogP contribution in [0.25, 0.3) is 11.4 Å². The van der Waals surface area contributed by atoms with E-state index >= 15 is 0 Å². The zero-order valence-electron chi connectivity index (χ0n) is 8.20. The Kier molecular flexibility index (Phi) is 2.99. The van der Waals surface area contributed by atoms with Crippen LogP contribution in [0, 0.1) is 0 Å². The number of hydrogen-bond acceptors (Lipinski definition) is 4. The molecule has 4 nitrogen and oxygen atoms in total. The molecule has 0 aliphatic carbocycles. The fourth-order valence-corrected chi connectivity index (χ4v) is 1.41. The van der Waals surface area contributed by atoms with Crippen molar-refractivity contribution in [3.05, 3.63) is 35.2 Å². The van der Waals surface area contributed by atoms with E-state index in [1.54, 1.807) is 12.1 Å². The average Bonchev–Trinajstić information content (AvgIpc) is 2.67. The van der Waals surface area contributed by atoms with Crippen LogP contribution < -0.4 is 5.32 Å². The minimum Gasteiger partial charge on any atom is -0.338 e. The Morgan fingerprint density at radius 2 is 2.33 bits per heavy atom. The van der Waals surface area contributed by atoms with Gasteiger partial charge in [0.2, 0.25) is 11.7 Å². The second-order valence-electron chi connectivity index (χ2n) is 3.05. The van der Waals surface area contributed by atoms with Gasteiger partial charge in [-0.3, -0.25) is 0 Å². The van der Waals surface area contributed by atoms with Crippen molar-refractivity contribution in [1.29, 1.82) is 0 Å². The minimum atomic E-state index is 0.558. The van der Waals surface area contributed by atoms with Gasteiger partial charge in [-0.25, -0.2) is 0 Å². The summed E-state index contributed by atoms with van der Waals surface area (Å²) in [5.74, 6) is 1.12. The van der Waals surface area contributed by atoms with Gasteiger partial charge in [0.1, 0.15) is 0 Å². The van der Waals surface area contributed by atoms with Crippen LogP contribution in [0.4, 0.5) is 0 Å². The monoisotopic (exact) mass is 223 g/mol. The molecular weight excluding hydrogens is 214 g/mol. The van der Waals surface area contributed by atoms with Gasteiger partial charge in [0, 0.05) is 10.6 Å². The molecule has 0 fully saturated rings. The Balaban J connectivity index is 2.29. The molecule has 1 aromatic heterocycles. The van der Waals surface area contributed by atoms with Gasteiger partial charge in [0.15, 0.2) is 0 Å². The van der Waals surface area contributed by atoms with E-state index in [1.165, 1.54) is 0 Å². The van der Waals surface area contributed by atoms with Crippen LogP contribution in [-0.2, 0) is 6.54 Å². The summed E-state index contributed by atoms with van der Waals surface area (Å²) in [6.45, 7) is 0.563. The molecule has 78 valence electrons. The molecule has 1 N–H and O–H groups in total. The molecule has 0 saturated heterocycles. The second kappa shape index (κ2) is 4.42. The smallest absolute Gasteiger partial charge is 0.240 e. The summed E-state index contributed by atoms with van der Waals surface area (Å²) >= 11 is 5.86. The van der Waals surface area contributed by atoms with Gasteiger partial charge < -0.3 is 9.84 Å². The molecule has 0 bridgehead atoms. The summed E-state index contributed by atoms with van der Waals surface area (Å²) in [4.78, 5) is 4.21. The highest BCUT2D eigenvalue weighted by atomic mass is 35.5. The third-order valence-electron chi connectivity index (χ3n) is 1.88. The number of aromatic nitrogens is 2. The molecule has 0 amide bonds. The fourth-order valence-electron chi connectivity index (χ4n) is 1.22. The topological polar surface area (TPSA) is 51.0 Å². The Bertz CT molecular complexity index is 455. The molecule has 0 aliphatic heterocycles. The van der Waals surface area contributed by atoms with Crippen LogP contribution in [-0.4, -0.2) is 17.2 Å². The van der Waals surface area contributed by atoms with Crippen molar-refractivity contribution in [3.8, 4) is 11.4 Å². The Hall–Kier alpha value is -1.39. The number of hydrogen-bond donors (Lipinski definition) is 1. The van der Waals surface area contributed by atoms with Gasteiger partial charge in [-0.2, -0.15) is 4.98 Å². The predicted octanol–water partition coefficient (Wildman–Crippen LogP) is 2.11. The number of nitrogens with zero attached hydrogens (tertiary/aromatic N) is 2. The first-order chi connectivity index (χ1) is 7.29. The highest BCUT2D eigenvalue weighted by Crippen LogP contribution is 2.19. The molecule has 0 aliphatic rings. The summed E-state index contributed by atoms with van der Waals surface area (Å²) in [5.41, 5.74) is 0.855. The predicted molar refractivity (Wildman–Crippen MR) is 57.5 cm³/mol. The maximum Gasteiger partial charge on any atom is 0.240 e. The third-order valence-corrected chi connectivity index (χ3v) is 2.11. The number of benzene rings is 1. The van der Waals surface area contributed by atoms with E-state index in [0.29, 0.717) is 23.3 Å². The van der Waals surface area contributed by atoms with Crippen molar-refractivity contribution in [3.63, 3.8) is 0 Å². The maximum absolute atomic E-state index is 5.86. The molecule has 5 heteroatoms. The molecule has 0 atom stereocenters. The first kappa shape index (κ1) is 10.1. The largest absolute Gasteiger partial charge is 0.338 e. The van der Waals surface area contributed by atoms with E-state index in [9.17, 15) is 0 Å². The Morgan fingerprint density at radius 3 is 3.07 bits per heavy atom. The van der Waals surface area contributed by atoms with Crippen molar-refractivity contribution in [2.75, 3.05) is 7.05 Å². The minimum absolute atomic E-state index is 0.558. The molecule has 1 heterocycles. The summed E-state index contributed by atoms with van der Waals surface area (Å²) in [6.07, 6.45) is 0. The zero-order chi connectivity index (χ0) is 10.7. The normalized spacial score (nSPS) is 10.5. The van der Waals surface area contributed by atoms with Crippen LogP contribution in [0.15, 0.2) is 28.8 Å². The van der Waals surface area contributed by atoms with Crippen LogP contribution in [0.1, 0.15) is 5.89 Å². The van der Waals surface area contributed by atoms with Crippen molar-refractivity contribution in [1.82, 2.24) is 15.5 Å². The lowest BCUT2D eigenvalue weighted by molar-refractivity contribution is 0.372. The van der Waals surface area contributed by atoms with E-state index in [4.69, 9.17) is 16.1 Å². The van der Waals surface area contributed by atoms with E-state index < -0.39 is 0 Å². The fraction of sp³-hybridized carbons (Fsp3) is 0.200. The van der Waals surface area contributed by atoms with Crippen molar-refractivity contribution in [2.45, 2.75) is 6.54 Å². The average molecular weight is 224 g/mol. The molecule has 0 unspecified atom stereocenters. The molecule has 1 aromatic carbocycles. The van der Waals surface area contributed by atoms with Gasteiger partial charge in [-0.05, 0) is 19.2 Å². The summed E-state index contributed by atoms with van der Waals surface area (Å²) in [5, 5.41) is 7.46. The summed E-state index contributed by atoms with van der Waals surface area (Å²) in [7, 11) is 1.82. The summed E-state index contributed by atoms with van der Waals surface area (Å²) < 4.78 is 5.03. The van der Waals surface area contributed by atoms with E-state index in [2.05, 4.69) is 15.5 Å². The molecule has 15 heavy (non-hydrogen) atoms.